The molecule has 0 aromatic carbocycles. The predicted octanol–water partition coefficient (Wildman–Crippen LogP) is 5.21. The van der Waals surface area contributed by atoms with Crippen LogP contribution in [0.2, 0.25) is 0 Å². The van der Waals surface area contributed by atoms with Gasteiger partial charge in [0.25, 0.3) is 0 Å². The summed E-state index contributed by atoms with van der Waals surface area (Å²) in [6.07, 6.45) is 9.91. The minimum atomic E-state index is 0.112. The van der Waals surface area contributed by atoms with Gasteiger partial charge in [0.1, 0.15) is 6.10 Å². The predicted molar refractivity (Wildman–Crippen MR) is 87.0 cm³/mol. The fourth-order valence-electron chi connectivity index (χ4n) is 4.00. The maximum Gasteiger partial charge on any atom is 0.309 e. The van der Waals surface area contributed by atoms with Gasteiger partial charge in [0.2, 0.25) is 0 Å². The number of carbonyl (C=O) groups is 1. The van der Waals surface area contributed by atoms with Crippen molar-refractivity contribution in [3.8, 4) is 0 Å². The normalized spacial score (nSPS) is 35.8. The molecule has 0 unspecified atom stereocenters. The Morgan fingerprint density at radius 2 is 1.95 bits per heavy atom. The van der Waals surface area contributed by atoms with Crippen LogP contribution < -0.4 is 0 Å². The fourth-order valence-corrected chi connectivity index (χ4v) is 4.00. The Morgan fingerprint density at radius 3 is 2.62 bits per heavy atom. The minimum Gasteiger partial charge on any atom is -0.462 e. The van der Waals surface area contributed by atoms with Crippen LogP contribution in [0.5, 0.6) is 0 Å². The number of unbranched alkanes of at least 4 members (excludes halogenated alkanes) is 2. The Balaban J connectivity index is 1.78. The highest BCUT2D eigenvalue weighted by molar-refractivity contribution is 5.75. The fraction of sp³-hybridized carbons (Fsp3) is 0.947. The van der Waals surface area contributed by atoms with Gasteiger partial charge in [-0.15, -0.1) is 0 Å². The lowest BCUT2D eigenvalue weighted by atomic mass is 9.75. The number of rotatable bonds is 7. The average Bonchev–Trinajstić information content (AvgIpc) is 3.18. The van der Waals surface area contributed by atoms with Crippen LogP contribution in [-0.4, -0.2) is 12.1 Å². The lowest BCUT2D eigenvalue weighted by Crippen LogP contribution is -2.36. The molecular formula is C19H34O2. The summed E-state index contributed by atoms with van der Waals surface area (Å²) in [7, 11) is 0. The van der Waals surface area contributed by atoms with Crippen molar-refractivity contribution in [1.29, 1.82) is 0 Å². The molecule has 0 radical (unpaired) electrons. The maximum atomic E-state index is 12.4. The first-order valence-electron chi connectivity index (χ1n) is 9.23. The molecule has 0 aromatic heterocycles. The molecule has 2 aliphatic rings. The Hall–Kier alpha value is -0.530. The first-order valence-corrected chi connectivity index (χ1v) is 9.23. The molecule has 0 aromatic rings. The summed E-state index contributed by atoms with van der Waals surface area (Å²) in [5.74, 6) is 2.87. The SMILES string of the molecule is CCCCC[C@@H]1C[C@H]1C(=O)O[C@@H]1C[C@H](C)CC[C@H]1C(C)C. The van der Waals surface area contributed by atoms with Gasteiger partial charge in [-0.1, -0.05) is 53.4 Å². The van der Waals surface area contributed by atoms with E-state index in [0.717, 1.165) is 12.8 Å². The van der Waals surface area contributed by atoms with Crippen LogP contribution in [0.4, 0.5) is 0 Å². The van der Waals surface area contributed by atoms with E-state index >= 15 is 0 Å². The third kappa shape index (κ3) is 4.72. The number of hydrogen-bond donors (Lipinski definition) is 0. The quantitative estimate of drug-likeness (QED) is 0.476. The lowest BCUT2D eigenvalue weighted by Gasteiger charge is -2.36. The molecule has 0 heterocycles. The van der Waals surface area contributed by atoms with E-state index in [9.17, 15) is 4.79 Å². The molecule has 0 aliphatic heterocycles. The maximum absolute atomic E-state index is 12.4. The van der Waals surface area contributed by atoms with Gasteiger partial charge < -0.3 is 4.74 Å². The zero-order valence-corrected chi connectivity index (χ0v) is 14.4. The number of carbonyl (C=O) groups excluding carboxylic acids is 1. The topological polar surface area (TPSA) is 26.3 Å². The lowest BCUT2D eigenvalue weighted by molar-refractivity contribution is -0.158. The summed E-state index contributed by atoms with van der Waals surface area (Å²) in [4.78, 5) is 12.4. The van der Waals surface area contributed by atoms with Gasteiger partial charge in [-0.2, -0.15) is 0 Å². The van der Waals surface area contributed by atoms with Crippen LogP contribution in [0.1, 0.15) is 79.1 Å². The Morgan fingerprint density at radius 1 is 1.19 bits per heavy atom. The van der Waals surface area contributed by atoms with Crippen molar-refractivity contribution in [3.63, 3.8) is 0 Å². The van der Waals surface area contributed by atoms with Crippen molar-refractivity contribution in [3.05, 3.63) is 0 Å². The second-order valence-electron chi connectivity index (χ2n) is 7.90. The van der Waals surface area contributed by atoms with Crippen LogP contribution in [0.25, 0.3) is 0 Å². The molecule has 2 rings (SSSR count). The summed E-state index contributed by atoms with van der Waals surface area (Å²) in [5.41, 5.74) is 0. The molecule has 2 aliphatic carbocycles. The van der Waals surface area contributed by atoms with E-state index in [1.54, 1.807) is 0 Å². The highest BCUT2D eigenvalue weighted by Crippen LogP contribution is 2.44. The van der Waals surface area contributed by atoms with Crippen LogP contribution in [0, 0.1) is 29.6 Å². The van der Waals surface area contributed by atoms with Crippen molar-refractivity contribution < 1.29 is 9.53 Å². The van der Waals surface area contributed by atoms with E-state index in [4.69, 9.17) is 4.74 Å². The second kappa shape index (κ2) is 7.65. The molecule has 0 N–H and O–H groups in total. The Kier molecular flexibility index (Phi) is 6.13. The van der Waals surface area contributed by atoms with Crippen molar-refractivity contribution in [2.75, 3.05) is 0 Å². The average molecular weight is 294 g/mol. The molecule has 0 saturated heterocycles. The van der Waals surface area contributed by atoms with Gasteiger partial charge in [-0.05, 0) is 49.4 Å². The minimum absolute atomic E-state index is 0.112. The standard InChI is InChI=1S/C19H34O2/c1-5-6-7-8-15-12-17(15)19(20)21-18-11-14(4)9-10-16(18)13(2)3/h13-18H,5-12H2,1-4H3/t14-,15-,16+,17-,18-/m1/s1. The number of esters is 1. The van der Waals surface area contributed by atoms with Gasteiger partial charge in [0.05, 0.1) is 5.92 Å². The zero-order chi connectivity index (χ0) is 15.4. The van der Waals surface area contributed by atoms with Crippen LogP contribution in [0.15, 0.2) is 0 Å². The van der Waals surface area contributed by atoms with Gasteiger partial charge >= 0.3 is 5.97 Å². The highest BCUT2D eigenvalue weighted by atomic mass is 16.5. The van der Waals surface area contributed by atoms with Crippen molar-refractivity contribution in [2.45, 2.75) is 85.2 Å². The number of hydrogen-bond acceptors (Lipinski definition) is 2. The summed E-state index contributed by atoms with van der Waals surface area (Å²) < 4.78 is 5.96. The molecule has 2 heteroatoms. The second-order valence-corrected chi connectivity index (χ2v) is 7.90. The summed E-state index contributed by atoms with van der Waals surface area (Å²) >= 11 is 0. The smallest absolute Gasteiger partial charge is 0.309 e. The van der Waals surface area contributed by atoms with Gasteiger partial charge in [0.15, 0.2) is 0 Å². The molecule has 2 saturated carbocycles. The van der Waals surface area contributed by atoms with Crippen LogP contribution in [0.3, 0.4) is 0 Å². The third-order valence-electron chi connectivity index (χ3n) is 5.63. The van der Waals surface area contributed by atoms with E-state index in [2.05, 4.69) is 27.7 Å². The first kappa shape index (κ1) is 16.8. The van der Waals surface area contributed by atoms with Gasteiger partial charge in [-0.25, -0.2) is 0 Å². The summed E-state index contributed by atoms with van der Waals surface area (Å²) in [6, 6.07) is 0. The highest BCUT2D eigenvalue weighted by Gasteiger charge is 2.45. The summed E-state index contributed by atoms with van der Waals surface area (Å²) in [6.45, 7) is 9.06. The molecule has 21 heavy (non-hydrogen) atoms. The monoisotopic (exact) mass is 294 g/mol. The van der Waals surface area contributed by atoms with Gasteiger partial charge in [0, 0.05) is 0 Å². The van der Waals surface area contributed by atoms with Crippen molar-refractivity contribution >= 4 is 5.97 Å². The first-order chi connectivity index (χ1) is 10.0. The van der Waals surface area contributed by atoms with E-state index in [1.807, 2.05) is 0 Å². The van der Waals surface area contributed by atoms with E-state index in [1.165, 1.54) is 38.5 Å². The Bertz CT molecular complexity index is 336. The van der Waals surface area contributed by atoms with E-state index < -0.39 is 0 Å². The van der Waals surface area contributed by atoms with E-state index in [-0.39, 0.29) is 18.0 Å². The third-order valence-corrected chi connectivity index (χ3v) is 5.63. The van der Waals surface area contributed by atoms with Crippen molar-refractivity contribution in [2.24, 2.45) is 29.6 Å². The molecule has 5 atom stereocenters. The molecular weight excluding hydrogens is 260 g/mol. The molecule has 0 amide bonds. The van der Waals surface area contributed by atoms with Crippen LogP contribution in [-0.2, 0) is 9.53 Å². The molecule has 2 nitrogen and oxygen atoms in total. The molecule has 122 valence electrons. The van der Waals surface area contributed by atoms with E-state index in [0.29, 0.717) is 23.7 Å². The molecule has 0 bridgehead atoms. The van der Waals surface area contributed by atoms with Crippen molar-refractivity contribution in [1.82, 2.24) is 0 Å². The molecule has 2 fully saturated rings. The van der Waals surface area contributed by atoms with Crippen LogP contribution >= 0.6 is 0 Å². The molecule has 0 spiro atoms. The summed E-state index contributed by atoms with van der Waals surface area (Å²) in [5, 5.41) is 0. The number of ether oxygens (including phenoxy) is 1. The zero-order valence-electron chi connectivity index (χ0n) is 14.4. The van der Waals surface area contributed by atoms with Gasteiger partial charge in [-0.3, -0.25) is 4.79 Å². The Labute approximate surface area is 131 Å². The largest absolute Gasteiger partial charge is 0.462 e.